The van der Waals surface area contributed by atoms with Gasteiger partial charge in [0.1, 0.15) is 11.6 Å². The maximum Gasteiger partial charge on any atom is 0.144 e. The van der Waals surface area contributed by atoms with Gasteiger partial charge in [-0.1, -0.05) is 25.7 Å². The van der Waals surface area contributed by atoms with Crippen molar-refractivity contribution in [2.45, 2.75) is 38.6 Å². The fourth-order valence-electron chi connectivity index (χ4n) is 2.55. The van der Waals surface area contributed by atoms with E-state index < -0.39 is 11.6 Å². The number of hydrogen-bond acceptors (Lipinski definition) is 1. The van der Waals surface area contributed by atoms with Crippen LogP contribution >= 0.6 is 15.9 Å². The maximum atomic E-state index is 13.7. The van der Waals surface area contributed by atoms with E-state index in [-0.39, 0.29) is 12.1 Å². The SMILES string of the molecule is Fc1ccc(Br)c(F)c1CNCCC1CCCC1. The van der Waals surface area contributed by atoms with Gasteiger partial charge in [0.05, 0.1) is 4.47 Å². The first kappa shape index (κ1) is 13.9. The Kier molecular flexibility index (Phi) is 5.13. The van der Waals surface area contributed by atoms with Gasteiger partial charge in [-0.25, -0.2) is 8.78 Å². The Morgan fingerprint density at radius 2 is 1.94 bits per heavy atom. The molecule has 2 rings (SSSR count). The lowest BCUT2D eigenvalue weighted by Gasteiger charge is -2.11. The molecule has 1 aliphatic carbocycles. The summed E-state index contributed by atoms with van der Waals surface area (Å²) in [6.45, 7) is 1.08. The number of hydrogen-bond donors (Lipinski definition) is 1. The second kappa shape index (κ2) is 6.62. The van der Waals surface area contributed by atoms with Crippen molar-refractivity contribution in [1.29, 1.82) is 0 Å². The van der Waals surface area contributed by atoms with Gasteiger partial charge in [0.2, 0.25) is 0 Å². The standard InChI is InChI=1S/C14H18BrF2N/c15-12-5-6-13(16)11(14(12)17)9-18-8-7-10-3-1-2-4-10/h5-6,10,18H,1-4,7-9H2. The van der Waals surface area contributed by atoms with E-state index in [0.717, 1.165) is 18.9 Å². The van der Waals surface area contributed by atoms with Crippen LogP contribution < -0.4 is 5.32 Å². The van der Waals surface area contributed by atoms with Crippen molar-refractivity contribution in [3.63, 3.8) is 0 Å². The smallest absolute Gasteiger partial charge is 0.144 e. The normalized spacial score (nSPS) is 16.4. The molecule has 1 nitrogen and oxygen atoms in total. The molecular formula is C14H18BrF2N. The highest BCUT2D eigenvalue weighted by Crippen LogP contribution is 2.27. The van der Waals surface area contributed by atoms with Crippen molar-refractivity contribution in [3.8, 4) is 0 Å². The van der Waals surface area contributed by atoms with Gasteiger partial charge in [-0.05, 0) is 46.9 Å². The second-order valence-corrected chi connectivity index (χ2v) is 5.79. The topological polar surface area (TPSA) is 12.0 Å². The van der Waals surface area contributed by atoms with Gasteiger partial charge in [0, 0.05) is 12.1 Å². The summed E-state index contributed by atoms with van der Waals surface area (Å²) in [6.07, 6.45) is 6.39. The quantitative estimate of drug-likeness (QED) is 0.627. The molecule has 18 heavy (non-hydrogen) atoms. The Morgan fingerprint density at radius 3 is 2.67 bits per heavy atom. The van der Waals surface area contributed by atoms with E-state index in [9.17, 15) is 8.78 Å². The predicted molar refractivity (Wildman–Crippen MR) is 72.3 cm³/mol. The third-order valence-corrected chi connectivity index (χ3v) is 4.26. The van der Waals surface area contributed by atoms with E-state index in [4.69, 9.17) is 0 Å². The van der Waals surface area contributed by atoms with Crippen molar-refractivity contribution in [3.05, 3.63) is 33.8 Å². The molecule has 100 valence electrons. The van der Waals surface area contributed by atoms with E-state index >= 15 is 0 Å². The molecule has 1 saturated carbocycles. The molecule has 0 bridgehead atoms. The summed E-state index contributed by atoms with van der Waals surface area (Å²) in [7, 11) is 0. The Hall–Kier alpha value is -0.480. The van der Waals surface area contributed by atoms with Crippen molar-refractivity contribution in [2.75, 3.05) is 6.54 Å². The Morgan fingerprint density at radius 1 is 1.22 bits per heavy atom. The summed E-state index contributed by atoms with van der Waals surface area (Å²) >= 11 is 3.07. The first-order chi connectivity index (χ1) is 8.68. The van der Waals surface area contributed by atoms with E-state index in [1.807, 2.05) is 0 Å². The molecule has 0 aliphatic heterocycles. The highest BCUT2D eigenvalue weighted by atomic mass is 79.9. The fourth-order valence-corrected chi connectivity index (χ4v) is 2.92. The molecule has 0 saturated heterocycles. The van der Waals surface area contributed by atoms with E-state index in [2.05, 4.69) is 21.2 Å². The van der Waals surface area contributed by atoms with Crippen LogP contribution in [0.1, 0.15) is 37.7 Å². The molecular weight excluding hydrogens is 300 g/mol. The zero-order chi connectivity index (χ0) is 13.0. The highest BCUT2D eigenvalue weighted by Gasteiger charge is 2.15. The average Bonchev–Trinajstić information content (AvgIpc) is 2.86. The van der Waals surface area contributed by atoms with Crippen molar-refractivity contribution in [2.24, 2.45) is 5.92 Å². The number of benzene rings is 1. The summed E-state index contributed by atoms with van der Waals surface area (Å²) < 4.78 is 27.4. The largest absolute Gasteiger partial charge is 0.312 e. The molecule has 1 aromatic rings. The molecule has 1 aliphatic rings. The lowest BCUT2D eigenvalue weighted by molar-refractivity contribution is 0.467. The Balaban J connectivity index is 1.80. The van der Waals surface area contributed by atoms with Crippen LogP contribution in [0.4, 0.5) is 8.78 Å². The van der Waals surface area contributed by atoms with Crippen LogP contribution in [0.5, 0.6) is 0 Å². The Labute approximate surface area is 115 Å². The molecule has 0 heterocycles. The van der Waals surface area contributed by atoms with Gasteiger partial charge >= 0.3 is 0 Å². The summed E-state index contributed by atoms with van der Waals surface area (Å²) in [5.41, 5.74) is 0.121. The van der Waals surface area contributed by atoms with Gasteiger partial charge in [0.15, 0.2) is 0 Å². The van der Waals surface area contributed by atoms with Crippen LogP contribution in [0.15, 0.2) is 16.6 Å². The van der Waals surface area contributed by atoms with E-state index in [1.165, 1.54) is 37.8 Å². The minimum atomic E-state index is -0.497. The second-order valence-electron chi connectivity index (χ2n) is 4.94. The van der Waals surface area contributed by atoms with Gasteiger partial charge in [-0.3, -0.25) is 0 Å². The molecule has 0 atom stereocenters. The lowest BCUT2D eigenvalue weighted by atomic mass is 10.0. The molecule has 0 unspecified atom stereocenters. The minimum absolute atomic E-state index is 0.121. The number of rotatable bonds is 5. The fraction of sp³-hybridized carbons (Fsp3) is 0.571. The van der Waals surface area contributed by atoms with Crippen LogP contribution in [0, 0.1) is 17.6 Å². The van der Waals surface area contributed by atoms with Crippen LogP contribution in [0.3, 0.4) is 0 Å². The van der Waals surface area contributed by atoms with Gasteiger partial charge in [0.25, 0.3) is 0 Å². The number of nitrogens with one attached hydrogen (secondary N) is 1. The third kappa shape index (κ3) is 3.51. The first-order valence-corrected chi connectivity index (χ1v) is 7.31. The summed E-state index contributed by atoms with van der Waals surface area (Å²) in [6, 6.07) is 2.69. The Bertz CT molecular complexity index is 403. The first-order valence-electron chi connectivity index (χ1n) is 6.51. The van der Waals surface area contributed by atoms with Gasteiger partial charge in [-0.15, -0.1) is 0 Å². The molecule has 0 aromatic heterocycles. The zero-order valence-electron chi connectivity index (χ0n) is 10.3. The van der Waals surface area contributed by atoms with Crippen molar-refractivity contribution < 1.29 is 8.78 Å². The monoisotopic (exact) mass is 317 g/mol. The van der Waals surface area contributed by atoms with Crippen LogP contribution in [-0.2, 0) is 6.54 Å². The molecule has 0 spiro atoms. The van der Waals surface area contributed by atoms with Crippen LogP contribution in [0.2, 0.25) is 0 Å². The van der Waals surface area contributed by atoms with Crippen molar-refractivity contribution >= 4 is 15.9 Å². The molecule has 4 heteroatoms. The lowest BCUT2D eigenvalue weighted by Crippen LogP contribution is -2.18. The molecule has 1 aromatic carbocycles. The molecule has 1 N–H and O–H groups in total. The van der Waals surface area contributed by atoms with Crippen LogP contribution in [-0.4, -0.2) is 6.54 Å². The van der Waals surface area contributed by atoms with Gasteiger partial charge < -0.3 is 5.32 Å². The van der Waals surface area contributed by atoms with E-state index in [1.54, 1.807) is 0 Å². The summed E-state index contributed by atoms with van der Waals surface area (Å²) in [4.78, 5) is 0. The zero-order valence-corrected chi connectivity index (χ0v) is 11.9. The predicted octanol–water partition coefficient (Wildman–Crippen LogP) is 4.40. The molecule has 0 amide bonds. The minimum Gasteiger partial charge on any atom is -0.312 e. The summed E-state index contributed by atoms with van der Waals surface area (Å²) in [5.74, 6) is -0.179. The molecule has 0 radical (unpaired) electrons. The average molecular weight is 318 g/mol. The van der Waals surface area contributed by atoms with Gasteiger partial charge in [-0.2, -0.15) is 0 Å². The molecule has 1 fully saturated rings. The third-order valence-electron chi connectivity index (χ3n) is 3.64. The maximum absolute atomic E-state index is 13.7. The number of halogens is 3. The van der Waals surface area contributed by atoms with Crippen molar-refractivity contribution in [1.82, 2.24) is 5.32 Å². The van der Waals surface area contributed by atoms with E-state index in [0.29, 0.717) is 4.47 Å². The summed E-state index contributed by atoms with van der Waals surface area (Å²) in [5, 5.41) is 3.14. The van der Waals surface area contributed by atoms with Crippen LogP contribution in [0.25, 0.3) is 0 Å². The highest BCUT2D eigenvalue weighted by molar-refractivity contribution is 9.10.